The highest BCUT2D eigenvalue weighted by Gasteiger charge is 2.59. The van der Waals surface area contributed by atoms with Gasteiger partial charge in [0.15, 0.2) is 11.3 Å². The number of fused-ring (bicyclic) bond motifs is 1. The summed E-state index contributed by atoms with van der Waals surface area (Å²) < 4.78 is 16.2. The van der Waals surface area contributed by atoms with Crippen LogP contribution in [0.1, 0.15) is 53.5 Å². The predicted molar refractivity (Wildman–Crippen MR) is 139 cm³/mol. The molecule has 1 saturated carbocycles. The van der Waals surface area contributed by atoms with E-state index in [0.717, 1.165) is 5.06 Å². The Morgan fingerprint density at radius 3 is 2.64 bits per heavy atom. The Hall–Kier alpha value is -3.68. The first-order chi connectivity index (χ1) is 18.6. The van der Waals surface area contributed by atoms with Gasteiger partial charge in [0.25, 0.3) is 5.91 Å². The molecule has 0 radical (unpaired) electrons. The summed E-state index contributed by atoms with van der Waals surface area (Å²) in [6.07, 6.45) is -2.00. The zero-order chi connectivity index (χ0) is 27.9. The lowest BCUT2D eigenvalue weighted by molar-refractivity contribution is -0.216. The van der Waals surface area contributed by atoms with E-state index in [1.165, 1.54) is 25.1 Å². The lowest BCUT2D eigenvalue weighted by Gasteiger charge is -2.38. The van der Waals surface area contributed by atoms with Crippen molar-refractivity contribution in [1.82, 2.24) is 10.0 Å². The van der Waals surface area contributed by atoms with Crippen LogP contribution in [0.3, 0.4) is 0 Å². The molecule has 0 spiro atoms. The van der Waals surface area contributed by atoms with E-state index in [2.05, 4.69) is 4.98 Å². The first-order valence-electron chi connectivity index (χ1n) is 12.5. The normalized spacial score (nSPS) is 23.0. The number of rotatable bonds is 7. The third kappa shape index (κ3) is 4.70. The Morgan fingerprint density at radius 2 is 2.00 bits per heavy atom. The van der Waals surface area contributed by atoms with Gasteiger partial charge in [-0.3, -0.25) is 14.4 Å². The number of carbonyl (C=O) groups is 2. The summed E-state index contributed by atoms with van der Waals surface area (Å²) in [6.45, 7) is 1.27. The van der Waals surface area contributed by atoms with Crippen molar-refractivity contribution in [1.29, 1.82) is 5.26 Å². The van der Waals surface area contributed by atoms with Gasteiger partial charge in [0.1, 0.15) is 23.7 Å². The number of Topliss-reactive ketones (excluding diaryl/α,β-unsaturated/α-hetero) is 1. The summed E-state index contributed by atoms with van der Waals surface area (Å²) >= 11 is 5.99. The number of aliphatic hydroxyl groups is 2. The molecule has 5 rings (SSSR count). The molecular weight excluding hydrogens is 525 g/mol. The maximum atomic E-state index is 16.2. The molecule has 1 aliphatic heterocycles. The molecule has 2 N–H and O–H groups in total. The molecule has 8 nitrogen and oxygen atoms in total. The highest BCUT2D eigenvalue weighted by molar-refractivity contribution is 6.30. The fraction of sp³-hybridized carbons (Fsp3) is 0.310. The molecule has 2 aromatic carbocycles. The number of halogens is 2. The molecule has 3 aromatic rings. The number of benzene rings is 2. The lowest BCUT2D eigenvalue weighted by atomic mass is 9.79. The van der Waals surface area contributed by atoms with Crippen molar-refractivity contribution < 1.29 is 29.0 Å². The molecule has 0 saturated heterocycles. The summed E-state index contributed by atoms with van der Waals surface area (Å²) in [5, 5.41) is 31.2. The number of amides is 1. The number of hydroxylamine groups is 2. The van der Waals surface area contributed by atoms with Crippen LogP contribution in [-0.2, 0) is 21.6 Å². The molecule has 1 amide bonds. The van der Waals surface area contributed by atoms with Gasteiger partial charge in [0.2, 0.25) is 0 Å². The predicted octanol–water partition coefficient (Wildman–Crippen LogP) is 4.10. The van der Waals surface area contributed by atoms with Crippen LogP contribution in [0, 0.1) is 17.1 Å². The van der Waals surface area contributed by atoms with E-state index in [9.17, 15) is 25.1 Å². The quantitative estimate of drug-likeness (QED) is 0.454. The lowest BCUT2D eigenvalue weighted by Crippen LogP contribution is -2.55. The fourth-order valence-electron chi connectivity index (χ4n) is 5.40. The van der Waals surface area contributed by atoms with Gasteiger partial charge in [-0.2, -0.15) is 10.3 Å². The molecule has 10 heteroatoms. The Kier molecular flexibility index (Phi) is 7.23. The Labute approximate surface area is 229 Å². The molecular formula is C29H25ClFN3O5. The Bertz CT molecular complexity index is 1490. The number of aliphatic hydroxyl groups excluding tert-OH is 2. The van der Waals surface area contributed by atoms with Gasteiger partial charge in [-0.05, 0) is 49.6 Å². The van der Waals surface area contributed by atoms with Crippen LogP contribution in [0.4, 0.5) is 4.39 Å². The van der Waals surface area contributed by atoms with Crippen LogP contribution in [0.2, 0.25) is 5.02 Å². The molecule has 1 fully saturated rings. The maximum absolute atomic E-state index is 16.2. The molecule has 4 atom stereocenters. The van der Waals surface area contributed by atoms with Gasteiger partial charge in [0, 0.05) is 34.7 Å². The third-order valence-corrected chi connectivity index (χ3v) is 7.50. The van der Waals surface area contributed by atoms with E-state index in [4.69, 9.17) is 16.4 Å². The average Bonchev–Trinajstić information content (AvgIpc) is 3.44. The minimum absolute atomic E-state index is 0.0244. The van der Waals surface area contributed by atoms with Crippen LogP contribution < -0.4 is 0 Å². The van der Waals surface area contributed by atoms with E-state index < -0.39 is 41.4 Å². The monoisotopic (exact) mass is 549 g/mol. The van der Waals surface area contributed by atoms with E-state index >= 15 is 4.39 Å². The fourth-order valence-corrected chi connectivity index (χ4v) is 5.53. The van der Waals surface area contributed by atoms with E-state index in [1.54, 1.807) is 36.4 Å². The van der Waals surface area contributed by atoms with Crippen LogP contribution in [0.15, 0.2) is 54.6 Å². The van der Waals surface area contributed by atoms with E-state index in [0.29, 0.717) is 23.4 Å². The second-order valence-corrected chi connectivity index (χ2v) is 10.3. The van der Waals surface area contributed by atoms with Crippen LogP contribution in [0.5, 0.6) is 0 Å². The number of hydrogen-bond acceptors (Lipinski definition) is 7. The van der Waals surface area contributed by atoms with Crippen LogP contribution >= 0.6 is 11.6 Å². The average molecular weight is 550 g/mol. The molecule has 0 bridgehead atoms. The van der Waals surface area contributed by atoms with Crippen molar-refractivity contribution in [3.63, 3.8) is 0 Å². The van der Waals surface area contributed by atoms with E-state index in [1.807, 2.05) is 6.07 Å². The molecule has 39 heavy (non-hydrogen) atoms. The maximum Gasteiger partial charge on any atom is 0.282 e. The van der Waals surface area contributed by atoms with Gasteiger partial charge in [0.05, 0.1) is 17.8 Å². The zero-order valence-corrected chi connectivity index (χ0v) is 21.7. The van der Waals surface area contributed by atoms with Crippen molar-refractivity contribution in [2.24, 2.45) is 0 Å². The Morgan fingerprint density at radius 1 is 1.26 bits per heavy atom. The van der Waals surface area contributed by atoms with Crippen LogP contribution in [-0.4, -0.2) is 50.3 Å². The van der Waals surface area contributed by atoms with Gasteiger partial charge in [-0.15, -0.1) is 0 Å². The standard InChI is InChI=1S/C29H25ClFN3O5/c1-16(35)27(37)29(14-19-3-2-4-20(15-32)33-19)24-12-11-23(17-5-7-18(30)8-6-17)26(31)25(24)28(38)34(29)39-22-10-9-21(36)13-22/h2-8,11-12,16,21-22,35-36H,9-10,13-14H2,1H3/t16?,21?,22?,29-/m1/s1. The highest BCUT2D eigenvalue weighted by atomic mass is 35.5. The van der Waals surface area contributed by atoms with Crippen molar-refractivity contribution in [3.8, 4) is 17.2 Å². The van der Waals surface area contributed by atoms with Gasteiger partial charge >= 0.3 is 0 Å². The molecule has 1 aromatic heterocycles. The summed E-state index contributed by atoms with van der Waals surface area (Å²) in [5.74, 6) is -2.53. The molecule has 3 unspecified atom stereocenters. The summed E-state index contributed by atoms with van der Waals surface area (Å²) in [5.41, 5.74) is -1.35. The summed E-state index contributed by atoms with van der Waals surface area (Å²) in [6, 6.07) is 16.0. The first kappa shape index (κ1) is 26.9. The zero-order valence-electron chi connectivity index (χ0n) is 21.0. The van der Waals surface area contributed by atoms with Crippen molar-refractivity contribution in [2.45, 2.75) is 56.5 Å². The van der Waals surface area contributed by atoms with Crippen molar-refractivity contribution >= 4 is 23.3 Å². The van der Waals surface area contributed by atoms with E-state index in [-0.39, 0.29) is 40.9 Å². The van der Waals surface area contributed by atoms with Gasteiger partial charge in [-0.25, -0.2) is 9.37 Å². The molecule has 200 valence electrons. The molecule has 2 aliphatic rings. The molecule has 2 heterocycles. The number of nitriles is 1. The van der Waals surface area contributed by atoms with Crippen LogP contribution in [0.25, 0.3) is 11.1 Å². The van der Waals surface area contributed by atoms with Crippen molar-refractivity contribution in [2.75, 3.05) is 0 Å². The summed E-state index contributed by atoms with van der Waals surface area (Å²) in [7, 11) is 0. The number of ketones is 1. The number of hydrogen-bond donors (Lipinski definition) is 2. The summed E-state index contributed by atoms with van der Waals surface area (Å²) in [4.78, 5) is 38.2. The van der Waals surface area contributed by atoms with Crippen molar-refractivity contribution in [3.05, 3.63) is 88.0 Å². The number of aromatic nitrogens is 1. The SMILES string of the molecule is CC(O)C(=O)[C@@]1(Cc2cccc(C#N)n2)c2ccc(-c3ccc(Cl)cc3)c(F)c2C(=O)N1OC1CCC(O)C1. The second-order valence-electron chi connectivity index (χ2n) is 9.85. The first-order valence-corrected chi connectivity index (χ1v) is 12.9. The minimum Gasteiger partial charge on any atom is -0.393 e. The third-order valence-electron chi connectivity index (χ3n) is 7.24. The number of carbonyl (C=O) groups excluding carboxylic acids is 2. The topological polar surface area (TPSA) is 124 Å². The van der Waals surface area contributed by atoms with Gasteiger partial charge < -0.3 is 10.2 Å². The second kappa shape index (κ2) is 10.5. The highest BCUT2D eigenvalue weighted by Crippen LogP contribution is 2.47. The number of nitrogens with zero attached hydrogens (tertiary/aromatic N) is 3. The molecule has 1 aliphatic carbocycles. The number of pyridine rings is 1. The largest absolute Gasteiger partial charge is 0.393 e. The van der Waals surface area contributed by atoms with Gasteiger partial charge in [-0.1, -0.05) is 41.9 Å². The minimum atomic E-state index is -1.98. The smallest absolute Gasteiger partial charge is 0.282 e. The Balaban J connectivity index is 1.72.